The Balaban J connectivity index is 2.32. The zero-order valence-corrected chi connectivity index (χ0v) is 8.80. The second kappa shape index (κ2) is 4.46. The minimum atomic E-state index is -1.31. The molecule has 1 fully saturated rings. The molecule has 7 heteroatoms. The summed E-state index contributed by atoms with van der Waals surface area (Å²) in [5, 5.41) is 37.2. The van der Waals surface area contributed by atoms with Crippen molar-refractivity contribution in [1.82, 2.24) is 4.57 Å². The average Bonchev–Trinajstić information content (AvgIpc) is 2.57. The lowest BCUT2D eigenvalue weighted by Gasteiger charge is -2.17. The summed E-state index contributed by atoms with van der Waals surface area (Å²) >= 11 is 0. The van der Waals surface area contributed by atoms with E-state index >= 15 is 0 Å². The van der Waals surface area contributed by atoms with E-state index in [1.807, 2.05) is 0 Å². The molecule has 0 radical (unpaired) electrons. The first-order valence-corrected chi connectivity index (χ1v) is 5.08. The van der Waals surface area contributed by atoms with Crippen molar-refractivity contribution in [3.05, 3.63) is 28.7 Å². The van der Waals surface area contributed by atoms with Crippen LogP contribution < -0.4 is 5.56 Å². The van der Waals surface area contributed by atoms with Crippen molar-refractivity contribution in [2.45, 2.75) is 24.5 Å². The van der Waals surface area contributed by atoms with Crippen LogP contribution >= 0.6 is 0 Å². The van der Waals surface area contributed by atoms with Crippen molar-refractivity contribution in [3.63, 3.8) is 0 Å². The van der Waals surface area contributed by atoms with Gasteiger partial charge < -0.3 is 25.2 Å². The molecule has 0 saturated carbocycles. The molecular formula is C10H13NO6. The van der Waals surface area contributed by atoms with Gasteiger partial charge in [0.25, 0.3) is 5.56 Å². The van der Waals surface area contributed by atoms with Gasteiger partial charge in [0.05, 0.1) is 6.61 Å². The van der Waals surface area contributed by atoms with Gasteiger partial charge in [-0.15, -0.1) is 0 Å². The fraction of sp³-hybridized carbons (Fsp3) is 0.500. The smallest absolute Gasteiger partial charge is 0.256 e. The molecule has 1 aliphatic heterocycles. The van der Waals surface area contributed by atoms with Crippen LogP contribution in [0.5, 0.6) is 5.75 Å². The van der Waals surface area contributed by atoms with Crippen molar-refractivity contribution < 1.29 is 25.2 Å². The number of aliphatic hydroxyl groups is 3. The topological polar surface area (TPSA) is 112 Å². The van der Waals surface area contributed by atoms with Gasteiger partial charge in [-0.3, -0.25) is 9.36 Å². The van der Waals surface area contributed by atoms with Gasteiger partial charge in [0.2, 0.25) is 0 Å². The molecule has 4 N–H and O–H groups in total. The lowest BCUT2D eigenvalue weighted by atomic mass is 10.1. The molecule has 1 aromatic rings. The van der Waals surface area contributed by atoms with Gasteiger partial charge in [0, 0.05) is 12.3 Å². The molecule has 1 aromatic heterocycles. The van der Waals surface area contributed by atoms with Crippen LogP contribution in [0.2, 0.25) is 0 Å². The summed E-state index contributed by atoms with van der Waals surface area (Å²) in [5.74, 6) is -0.196. The highest BCUT2D eigenvalue weighted by atomic mass is 16.6. The number of hydrogen-bond donors (Lipinski definition) is 4. The van der Waals surface area contributed by atoms with E-state index in [4.69, 9.17) is 14.9 Å². The van der Waals surface area contributed by atoms with Crippen molar-refractivity contribution in [2.24, 2.45) is 0 Å². The minimum Gasteiger partial charge on any atom is -0.508 e. The molecule has 2 heterocycles. The number of aromatic nitrogens is 1. The third-order valence-corrected chi connectivity index (χ3v) is 2.72. The van der Waals surface area contributed by atoms with Crippen molar-refractivity contribution in [3.8, 4) is 5.75 Å². The third kappa shape index (κ3) is 2.05. The summed E-state index contributed by atoms with van der Waals surface area (Å²) in [6.07, 6.45) is -3.33. The van der Waals surface area contributed by atoms with Crippen LogP contribution in [-0.2, 0) is 4.74 Å². The summed E-state index contributed by atoms with van der Waals surface area (Å²) < 4.78 is 6.22. The quantitative estimate of drug-likeness (QED) is 0.486. The van der Waals surface area contributed by atoms with Gasteiger partial charge >= 0.3 is 0 Å². The van der Waals surface area contributed by atoms with E-state index < -0.39 is 36.7 Å². The molecule has 3 unspecified atom stereocenters. The molecule has 0 amide bonds. The van der Waals surface area contributed by atoms with Crippen LogP contribution in [0.15, 0.2) is 23.1 Å². The predicted octanol–water partition coefficient (Wildman–Crippen LogP) is -1.83. The summed E-state index contributed by atoms with van der Waals surface area (Å²) in [6.45, 7) is -0.457. The predicted molar refractivity (Wildman–Crippen MR) is 55.4 cm³/mol. The molecular weight excluding hydrogens is 230 g/mol. The van der Waals surface area contributed by atoms with Crippen molar-refractivity contribution in [1.29, 1.82) is 0 Å². The molecule has 17 heavy (non-hydrogen) atoms. The SMILES string of the molecule is O=c1cc(O)ccn1C1OC(CO)C(O)[C@@H]1O. The molecule has 94 valence electrons. The first-order valence-electron chi connectivity index (χ1n) is 5.08. The fourth-order valence-corrected chi connectivity index (χ4v) is 1.80. The largest absolute Gasteiger partial charge is 0.508 e. The van der Waals surface area contributed by atoms with Crippen molar-refractivity contribution >= 4 is 0 Å². The first-order chi connectivity index (χ1) is 8.04. The lowest BCUT2D eigenvalue weighted by molar-refractivity contribution is -0.0544. The molecule has 2 rings (SSSR count). The first kappa shape index (κ1) is 12.1. The maximum absolute atomic E-state index is 11.5. The van der Waals surface area contributed by atoms with E-state index in [1.54, 1.807) is 0 Å². The van der Waals surface area contributed by atoms with Crippen molar-refractivity contribution in [2.75, 3.05) is 6.61 Å². The Labute approximate surface area is 96.1 Å². The number of aromatic hydroxyl groups is 1. The Morgan fingerprint density at radius 3 is 2.59 bits per heavy atom. The van der Waals surface area contributed by atoms with Crippen LogP contribution in [-0.4, -0.2) is 49.9 Å². The summed E-state index contributed by atoms with van der Waals surface area (Å²) in [7, 11) is 0. The van der Waals surface area contributed by atoms with E-state index in [0.29, 0.717) is 0 Å². The lowest BCUT2D eigenvalue weighted by Crippen LogP contribution is -2.35. The number of pyridine rings is 1. The summed E-state index contributed by atoms with van der Waals surface area (Å²) in [4.78, 5) is 11.5. The molecule has 0 aliphatic carbocycles. The molecule has 0 bridgehead atoms. The number of hydrogen-bond acceptors (Lipinski definition) is 6. The normalized spacial score (nSPS) is 32.9. The van der Waals surface area contributed by atoms with E-state index in [2.05, 4.69) is 0 Å². The van der Waals surface area contributed by atoms with Gasteiger partial charge in [-0.25, -0.2) is 0 Å². The van der Waals surface area contributed by atoms with E-state index in [1.165, 1.54) is 12.3 Å². The fourth-order valence-electron chi connectivity index (χ4n) is 1.80. The van der Waals surface area contributed by atoms with Crippen LogP contribution in [0.4, 0.5) is 0 Å². The number of aliphatic hydroxyl groups excluding tert-OH is 3. The average molecular weight is 243 g/mol. The maximum Gasteiger partial charge on any atom is 0.256 e. The Kier molecular flexibility index (Phi) is 3.16. The van der Waals surface area contributed by atoms with E-state index in [0.717, 1.165) is 10.6 Å². The van der Waals surface area contributed by atoms with Crippen LogP contribution in [0.1, 0.15) is 6.23 Å². The molecule has 4 atom stereocenters. The maximum atomic E-state index is 11.5. The summed E-state index contributed by atoms with van der Waals surface area (Å²) in [5.41, 5.74) is -0.570. The zero-order valence-electron chi connectivity index (χ0n) is 8.80. The molecule has 0 aromatic carbocycles. The number of ether oxygens (including phenoxy) is 1. The standard InChI is InChI=1S/C10H13NO6/c12-4-6-8(15)9(16)10(17-6)11-2-1-5(13)3-7(11)14/h1-3,6,8-10,12-13,15-16H,4H2/t6?,8?,9-,10?/m0/s1. The van der Waals surface area contributed by atoms with Crippen LogP contribution in [0, 0.1) is 0 Å². The van der Waals surface area contributed by atoms with Crippen LogP contribution in [0.3, 0.4) is 0 Å². The third-order valence-electron chi connectivity index (χ3n) is 2.72. The highest BCUT2D eigenvalue weighted by molar-refractivity contribution is 5.16. The van der Waals surface area contributed by atoms with Gasteiger partial charge in [-0.05, 0) is 6.07 Å². The van der Waals surface area contributed by atoms with E-state index in [9.17, 15) is 15.0 Å². The zero-order chi connectivity index (χ0) is 12.6. The van der Waals surface area contributed by atoms with Gasteiger partial charge in [0.15, 0.2) is 6.23 Å². The Morgan fingerprint density at radius 2 is 2.06 bits per heavy atom. The minimum absolute atomic E-state index is 0.196. The summed E-state index contributed by atoms with van der Waals surface area (Å²) in [6, 6.07) is 2.23. The molecule has 1 aliphatic rings. The second-order valence-electron chi connectivity index (χ2n) is 3.86. The Bertz CT molecular complexity index is 458. The Morgan fingerprint density at radius 1 is 1.35 bits per heavy atom. The molecule has 0 spiro atoms. The Hall–Kier alpha value is -1.41. The second-order valence-corrected chi connectivity index (χ2v) is 3.86. The van der Waals surface area contributed by atoms with Gasteiger partial charge in [0.1, 0.15) is 24.1 Å². The van der Waals surface area contributed by atoms with Gasteiger partial charge in [-0.2, -0.15) is 0 Å². The molecule has 7 nitrogen and oxygen atoms in total. The highest BCUT2D eigenvalue weighted by Crippen LogP contribution is 2.28. The highest BCUT2D eigenvalue weighted by Gasteiger charge is 2.43. The number of nitrogens with zero attached hydrogens (tertiary/aromatic N) is 1. The van der Waals surface area contributed by atoms with Gasteiger partial charge in [-0.1, -0.05) is 0 Å². The van der Waals surface area contributed by atoms with Crippen LogP contribution in [0.25, 0.3) is 0 Å². The molecule has 1 saturated heterocycles. The number of rotatable bonds is 2. The van der Waals surface area contributed by atoms with E-state index in [-0.39, 0.29) is 5.75 Å². The monoisotopic (exact) mass is 243 g/mol.